The normalized spacial score (nSPS) is 42.3. The van der Waals surface area contributed by atoms with Crippen molar-refractivity contribution >= 4 is 17.9 Å². The van der Waals surface area contributed by atoms with E-state index in [9.17, 15) is 14.4 Å². The summed E-state index contributed by atoms with van der Waals surface area (Å²) in [5, 5.41) is 0. The highest BCUT2D eigenvalue weighted by atomic mass is 16.5. The van der Waals surface area contributed by atoms with Crippen LogP contribution in [0.25, 0.3) is 0 Å². The standard InChI is InChI=1S/C30H48O6/c1-7-34-27(33)11-8-18(2)23-9-10-24-28-25(13-15-30(23,24)6)29(5)14-12-22(35-19(3)31)16-21(29)17-26(28)36-20(4)32/h18,21-26,28H,7-17H2,1-6H3/t18-,21+,22-,23-,24+,25+,26-,28+,29+,30-/m1/s1. The second-order valence-electron chi connectivity index (χ2n) is 12.9. The van der Waals surface area contributed by atoms with E-state index in [4.69, 9.17) is 14.2 Å². The lowest BCUT2D eigenvalue weighted by molar-refractivity contribution is -0.197. The smallest absolute Gasteiger partial charge is 0.305 e. The Balaban J connectivity index is 1.55. The number of hydrogen-bond acceptors (Lipinski definition) is 6. The fraction of sp³-hybridized carbons (Fsp3) is 0.900. The molecule has 0 radical (unpaired) electrons. The molecule has 0 aromatic carbocycles. The van der Waals surface area contributed by atoms with Crippen molar-refractivity contribution in [1.82, 2.24) is 0 Å². The SMILES string of the molecule is CCOC(=O)CC[C@@H](C)[C@H]1CC[C@H]2[C@@H]3[C@H](OC(C)=O)C[C@@H]4C[C@H](OC(C)=O)CC[C@]4(C)[C@H]3CC[C@]12C. The summed E-state index contributed by atoms with van der Waals surface area (Å²) in [5.41, 5.74) is 0.415. The monoisotopic (exact) mass is 504 g/mol. The molecule has 0 N–H and O–H groups in total. The quantitative estimate of drug-likeness (QED) is 0.308. The first-order chi connectivity index (χ1) is 17.0. The van der Waals surface area contributed by atoms with Crippen LogP contribution in [0.15, 0.2) is 0 Å². The van der Waals surface area contributed by atoms with Gasteiger partial charge < -0.3 is 14.2 Å². The molecular weight excluding hydrogens is 456 g/mol. The first kappa shape index (κ1) is 27.4. The van der Waals surface area contributed by atoms with Crippen LogP contribution in [0.2, 0.25) is 0 Å². The third-order valence-electron chi connectivity index (χ3n) is 11.1. The Morgan fingerprint density at radius 2 is 1.56 bits per heavy atom. The van der Waals surface area contributed by atoms with Crippen molar-refractivity contribution in [2.24, 2.45) is 46.3 Å². The summed E-state index contributed by atoms with van der Waals surface area (Å²) >= 11 is 0. The highest BCUT2D eigenvalue weighted by molar-refractivity contribution is 5.69. The summed E-state index contributed by atoms with van der Waals surface area (Å²) in [6.07, 6.45) is 9.82. The van der Waals surface area contributed by atoms with Crippen molar-refractivity contribution in [2.75, 3.05) is 6.61 Å². The van der Waals surface area contributed by atoms with E-state index in [2.05, 4.69) is 20.8 Å². The van der Waals surface area contributed by atoms with Gasteiger partial charge in [0.1, 0.15) is 12.2 Å². The maximum absolute atomic E-state index is 12.2. The van der Waals surface area contributed by atoms with E-state index in [1.54, 1.807) is 6.92 Å². The van der Waals surface area contributed by atoms with Gasteiger partial charge in [0, 0.05) is 26.2 Å². The Hall–Kier alpha value is -1.59. The predicted octanol–water partition coefficient (Wildman–Crippen LogP) is 6.10. The Labute approximate surface area is 217 Å². The van der Waals surface area contributed by atoms with Crippen molar-refractivity contribution in [3.05, 3.63) is 0 Å². The third kappa shape index (κ3) is 5.07. The number of esters is 3. The number of ether oxygens (including phenoxy) is 3. The Morgan fingerprint density at radius 3 is 2.22 bits per heavy atom. The molecule has 0 aliphatic heterocycles. The van der Waals surface area contributed by atoms with Crippen molar-refractivity contribution in [3.63, 3.8) is 0 Å². The molecule has 0 aromatic heterocycles. The molecule has 0 amide bonds. The summed E-state index contributed by atoms with van der Waals surface area (Å²) in [4.78, 5) is 35.9. The number of carbonyl (C=O) groups is 3. The molecule has 36 heavy (non-hydrogen) atoms. The molecule has 4 fully saturated rings. The number of fused-ring (bicyclic) bond motifs is 5. The maximum Gasteiger partial charge on any atom is 0.305 e. The average molecular weight is 505 g/mol. The van der Waals surface area contributed by atoms with Crippen LogP contribution < -0.4 is 0 Å². The van der Waals surface area contributed by atoms with Crippen molar-refractivity contribution in [2.45, 2.75) is 118 Å². The molecule has 0 spiro atoms. The van der Waals surface area contributed by atoms with E-state index < -0.39 is 0 Å². The van der Waals surface area contributed by atoms with Crippen LogP contribution in [0.1, 0.15) is 106 Å². The second-order valence-corrected chi connectivity index (χ2v) is 12.9. The largest absolute Gasteiger partial charge is 0.466 e. The summed E-state index contributed by atoms with van der Waals surface area (Å²) < 4.78 is 16.9. The van der Waals surface area contributed by atoms with Gasteiger partial charge in [-0.05, 0) is 105 Å². The first-order valence-electron chi connectivity index (χ1n) is 14.5. The van der Waals surface area contributed by atoms with Gasteiger partial charge >= 0.3 is 17.9 Å². The Bertz CT molecular complexity index is 839. The van der Waals surface area contributed by atoms with Crippen LogP contribution in [-0.4, -0.2) is 36.7 Å². The molecule has 6 heteroatoms. The third-order valence-corrected chi connectivity index (χ3v) is 11.1. The van der Waals surface area contributed by atoms with Gasteiger partial charge in [0.25, 0.3) is 0 Å². The van der Waals surface area contributed by atoms with Crippen molar-refractivity contribution in [3.8, 4) is 0 Å². The van der Waals surface area contributed by atoms with Gasteiger partial charge in [-0.1, -0.05) is 20.8 Å². The highest BCUT2D eigenvalue weighted by Gasteiger charge is 2.64. The zero-order chi connectivity index (χ0) is 26.3. The summed E-state index contributed by atoms with van der Waals surface area (Å²) in [6, 6.07) is 0. The van der Waals surface area contributed by atoms with Gasteiger partial charge in [0.2, 0.25) is 0 Å². The maximum atomic E-state index is 12.2. The van der Waals surface area contributed by atoms with E-state index in [0.717, 1.165) is 32.1 Å². The minimum Gasteiger partial charge on any atom is -0.466 e. The van der Waals surface area contributed by atoms with Crippen LogP contribution >= 0.6 is 0 Å². The Morgan fingerprint density at radius 1 is 0.889 bits per heavy atom. The van der Waals surface area contributed by atoms with Crippen LogP contribution in [0.5, 0.6) is 0 Å². The molecule has 0 heterocycles. The summed E-state index contributed by atoms with van der Waals surface area (Å²) in [7, 11) is 0. The summed E-state index contributed by atoms with van der Waals surface area (Å²) in [6.45, 7) is 12.6. The highest BCUT2D eigenvalue weighted by Crippen LogP contribution is 2.68. The molecule has 0 saturated heterocycles. The molecule has 6 nitrogen and oxygen atoms in total. The average Bonchev–Trinajstić information content (AvgIpc) is 3.15. The van der Waals surface area contributed by atoms with Crippen molar-refractivity contribution < 1.29 is 28.6 Å². The van der Waals surface area contributed by atoms with Gasteiger partial charge in [-0.2, -0.15) is 0 Å². The number of rotatable bonds is 7. The zero-order valence-electron chi connectivity index (χ0n) is 23.3. The lowest BCUT2D eigenvalue weighted by atomic mass is 9.43. The van der Waals surface area contributed by atoms with Crippen LogP contribution in [0.4, 0.5) is 0 Å². The fourth-order valence-electron chi connectivity index (χ4n) is 9.59. The van der Waals surface area contributed by atoms with E-state index in [-0.39, 0.29) is 40.9 Å². The van der Waals surface area contributed by atoms with Crippen LogP contribution in [0.3, 0.4) is 0 Å². The van der Waals surface area contributed by atoms with Gasteiger partial charge in [0.15, 0.2) is 0 Å². The van der Waals surface area contributed by atoms with Crippen molar-refractivity contribution in [1.29, 1.82) is 0 Å². The van der Waals surface area contributed by atoms with E-state index in [1.165, 1.54) is 32.6 Å². The molecule has 4 aliphatic rings. The number of carbonyl (C=O) groups excluding carboxylic acids is 3. The minimum atomic E-state index is -0.198. The van der Waals surface area contributed by atoms with E-state index in [0.29, 0.717) is 48.5 Å². The summed E-state index contributed by atoms with van der Waals surface area (Å²) in [5.74, 6) is 2.46. The predicted molar refractivity (Wildman–Crippen MR) is 137 cm³/mol. The molecule has 4 rings (SSSR count). The molecule has 0 bridgehead atoms. The molecule has 10 atom stereocenters. The van der Waals surface area contributed by atoms with Gasteiger partial charge in [-0.25, -0.2) is 0 Å². The van der Waals surface area contributed by atoms with Gasteiger partial charge in [0.05, 0.1) is 6.61 Å². The molecule has 4 aliphatic carbocycles. The van der Waals surface area contributed by atoms with E-state index in [1.807, 2.05) is 6.92 Å². The lowest BCUT2D eigenvalue weighted by Gasteiger charge is -2.62. The van der Waals surface area contributed by atoms with Crippen LogP contribution in [0, 0.1) is 46.3 Å². The Kier molecular flexibility index (Phi) is 8.12. The lowest BCUT2D eigenvalue weighted by Crippen LogP contribution is -2.59. The molecule has 4 saturated carbocycles. The van der Waals surface area contributed by atoms with Crippen LogP contribution in [-0.2, 0) is 28.6 Å². The molecular formula is C30H48O6. The molecule has 0 unspecified atom stereocenters. The molecule has 0 aromatic rings. The molecule has 204 valence electrons. The minimum absolute atomic E-state index is 0.0138. The number of hydrogen-bond donors (Lipinski definition) is 0. The van der Waals surface area contributed by atoms with Gasteiger partial charge in [-0.3, -0.25) is 14.4 Å². The van der Waals surface area contributed by atoms with Gasteiger partial charge in [-0.15, -0.1) is 0 Å². The fourth-order valence-corrected chi connectivity index (χ4v) is 9.59. The topological polar surface area (TPSA) is 78.9 Å². The first-order valence-corrected chi connectivity index (χ1v) is 14.5. The zero-order valence-corrected chi connectivity index (χ0v) is 23.3. The van der Waals surface area contributed by atoms with E-state index >= 15 is 0 Å². The second kappa shape index (κ2) is 10.6.